The lowest BCUT2D eigenvalue weighted by atomic mass is 10.1. The maximum atomic E-state index is 12.5. The first-order valence-corrected chi connectivity index (χ1v) is 8.30. The molecule has 5 heteroatoms. The molecule has 0 unspecified atom stereocenters. The molecule has 0 aliphatic rings. The maximum Gasteiger partial charge on any atom is 0.223 e. The molecule has 0 aliphatic heterocycles. The lowest BCUT2D eigenvalue weighted by molar-refractivity contribution is -0.131. The third-order valence-corrected chi connectivity index (χ3v) is 3.86. The first-order chi connectivity index (χ1) is 11.7. The van der Waals surface area contributed by atoms with Gasteiger partial charge >= 0.3 is 0 Å². The lowest BCUT2D eigenvalue weighted by Crippen LogP contribution is -2.32. The van der Waals surface area contributed by atoms with Crippen molar-refractivity contribution in [2.45, 2.75) is 25.8 Å². The van der Waals surface area contributed by atoms with Crippen molar-refractivity contribution in [3.63, 3.8) is 0 Å². The smallest absolute Gasteiger partial charge is 0.223 e. The largest absolute Gasteiger partial charge is 0.338 e. The van der Waals surface area contributed by atoms with Gasteiger partial charge in [0.15, 0.2) is 5.78 Å². The van der Waals surface area contributed by atoms with Crippen LogP contribution in [0, 0.1) is 0 Å². The van der Waals surface area contributed by atoms with Gasteiger partial charge in [-0.1, -0.05) is 60.7 Å². The van der Waals surface area contributed by atoms with Crippen LogP contribution in [0.2, 0.25) is 0 Å². The number of benzene rings is 2. The topological polar surface area (TPSA) is 63.4 Å². The molecule has 0 bridgehead atoms. The van der Waals surface area contributed by atoms with Gasteiger partial charge in [0.1, 0.15) is 0 Å². The molecule has 2 aromatic rings. The summed E-state index contributed by atoms with van der Waals surface area (Å²) in [5, 5.41) is 0. The molecular formula is C20H25ClN2O2. The van der Waals surface area contributed by atoms with E-state index < -0.39 is 0 Å². The Morgan fingerprint density at radius 2 is 1.48 bits per heavy atom. The summed E-state index contributed by atoms with van der Waals surface area (Å²) in [5.41, 5.74) is 7.31. The predicted molar refractivity (Wildman–Crippen MR) is 103 cm³/mol. The molecule has 2 aromatic carbocycles. The number of ketones is 1. The maximum absolute atomic E-state index is 12.5. The van der Waals surface area contributed by atoms with Crippen LogP contribution in [0.3, 0.4) is 0 Å². The fourth-order valence-electron chi connectivity index (χ4n) is 2.52. The van der Waals surface area contributed by atoms with Gasteiger partial charge in [-0.15, -0.1) is 12.4 Å². The van der Waals surface area contributed by atoms with Crippen LogP contribution in [-0.2, 0) is 11.3 Å². The van der Waals surface area contributed by atoms with Crippen LogP contribution in [-0.4, -0.2) is 29.7 Å². The van der Waals surface area contributed by atoms with E-state index in [1.165, 1.54) is 0 Å². The van der Waals surface area contributed by atoms with Crippen molar-refractivity contribution in [3.8, 4) is 0 Å². The number of carbonyl (C=O) groups excluding carboxylic acids is 2. The molecule has 0 heterocycles. The molecule has 0 aromatic heterocycles. The normalized spacial score (nSPS) is 9.96. The minimum absolute atomic E-state index is 0. The fraction of sp³-hybridized carbons (Fsp3) is 0.300. The summed E-state index contributed by atoms with van der Waals surface area (Å²) in [4.78, 5) is 26.5. The van der Waals surface area contributed by atoms with Crippen LogP contribution in [0.5, 0.6) is 0 Å². The highest BCUT2D eigenvalue weighted by atomic mass is 35.5. The summed E-state index contributed by atoms with van der Waals surface area (Å²) in [6, 6.07) is 19.0. The minimum Gasteiger partial charge on any atom is -0.338 e. The number of nitrogens with zero attached hydrogens (tertiary/aromatic N) is 1. The molecule has 0 spiro atoms. The molecule has 0 radical (unpaired) electrons. The van der Waals surface area contributed by atoms with E-state index in [4.69, 9.17) is 5.73 Å². The summed E-state index contributed by atoms with van der Waals surface area (Å²) in [5.74, 6) is -0.000907. The van der Waals surface area contributed by atoms with Gasteiger partial charge in [-0.2, -0.15) is 0 Å². The van der Waals surface area contributed by atoms with Gasteiger partial charge in [0.25, 0.3) is 0 Å². The highest BCUT2D eigenvalue weighted by molar-refractivity contribution is 5.97. The van der Waals surface area contributed by atoms with E-state index in [0.29, 0.717) is 25.2 Å². The Labute approximate surface area is 155 Å². The molecule has 25 heavy (non-hydrogen) atoms. The quantitative estimate of drug-likeness (QED) is 0.696. The van der Waals surface area contributed by atoms with Gasteiger partial charge in [-0.25, -0.2) is 0 Å². The molecule has 4 nitrogen and oxygen atoms in total. The molecule has 0 fully saturated rings. The molecular weight excluding hydrogens is 336 g/mol. The van der Waals surface area contributed by atoms with Gasteiger partial charge in [-0.05, 0) is 18.5 Å². The Morgan fingerprint density at radius 3 is 2.08 bits per heavy atom. The van der Waals surface area contributed by atoms with Crippen molar-refractivity contribution < 1.29 is 9.59 Å². The SMILES string of the molecule is Cl.NCCCN(Cc1ccccc1)C(=O)CCC(=O)c1ccccc1. The third kappa shape index (κ3) is 7.08. The van der Waals surface area contributed by atoms with Crippen LogP contribution in [0.1, 0.15) is 35.2 Å². The summed E-state index contributed by atoms with van der Waals surface area (Å²) >= 11 is 0. The van der Waals surface area contributed by atoms with Crippen molar-refractivity contribution in [2.24, 2.45) is 5.73 Å². The molecule has 0 aliphatic carbocycles. The van der Waals surface area contributed by atoms with E-state index in [2.05, 4.69) is 0 Å². The molecule has 2 rings (SSSR count). The third-order valence-electron chi connectivity index (χ3n) is 3.86. The molecule has 0 saturated carbocycles. The van der Waals surface area contributed by atoms with Gasteiger partial charge in [-0.3, -0.25) is 9.59 Å². The van der Waals surface area contributed by atoms with Gasteiger partial charge in [0.2, 0.25) is 5.91 Å². The summed E-state index contributed by atoms with van der Waals surface area (Å²) < 4.78 is 0. The molecule has 0 saturated heterocycles. The zero-order valence-corrected chi connectivity index (χ0v) is 15.1. The zero-order chi connectivity index (χ0) is 17.2. The molecule has 1 amide bonds. The second kappa shape index (κ2) is 11.4. The molecule has 0 atom stereocenters. The number of amides is 1. The number of halogens is 1. The van der Waals surface area contributed by atoms with Crippen molar-refractivity contribution in [1.29, 1.82) is 0 Å². The Kier molecular flexibility index (Phi) is 9.51. The average molecular weight is 361 g/mol. The fourth-order valence-corrected chi connectivity index (χ4v) is 2.52. The Balaban J connectivity index is 0.00000312. The number of Topliss-reactive ketones (excluding diaryl/α,β-unsaturated/α-hetero) is 1. The number of rotatable bonds is 9. The van der Waals surface area contributed by atoms with Crippen molar-refractivity contribution in [2.75, 3.05) is 13.1 Å². The van der Waals surface area contributed by atoms with Crippen LogP contribution >= 0.6 is 12.4 Å². The second-order valence-corrected chi connectivity index (χ2v) is 5.73. The number of hydrogen-bond acceptors (Lipinski definition) is 3. The molecule has 134 valence electrons. The number of hydrogen-bond donors (Lipinski definition) is 1. The van der Waals surface area contributed by atoms with E-state index in [0.717, 1.165) is 12.0 Å². The van der Waals surface area contributed by atoms with Gasteiger partial charge in [0, 0.05) is 31.5 Å². The van der Waals surface area contributed by atoms with Crippen molar-refractivity contribution in [1.82, 2.24) is 4.90 Å². The standard InChI is InChI=1S/C20H24N2O2.ClH/c21-14-7-15-22(16-17-8-3-1-4-9-17)20(24)13-12-19(23)18-10-5-2-6-11-18;/h1-6,8-11H,7,12-16,21H2;1H. The second-order valence-electron chi connectivity index (χ2n) is 5.73. The molecule has 2 N–H and O–H groups in total. The van der Waals surface area contributed by atoms with Gasteiger partial charge < -0.3 is 10.6 Å². The Bertz CT molecular complexity index is 647. The highest BCUT2D eigenvalue weighted by Gasteiger charge is 2.15. The predicted octanol–water partition coefficient (Wildman–Crippen LogP) is 3.45. The summed E-state index contributed by atoms with van der Waals surface area (Å²) in [6.45, 7) is 1.71. The zero-order valence-electron chi connectivity index (χ0n) is 14.3. The highest BCUT2D eigenvalue weighted by Crippen LogP contribution is 2.10. The van der Waals surface area contributed by atoms with Crippen LogP contribution in [0.4, 0.5) is 0 Å². The summed E-state index contributed by atoms with van der Waals surface area (Å²) in [7, 11) is 0. The minimum atomic E-state index is -0.00316. The number of carbonyl (C=O) groups is 2. The van der Waals surface area contributed by atoms with Crippen molar-refractivity contribution >= 4 is 24.1 Å². The monoisotopic (exact) mass is 360 g/mol. The van der Waals surface area contributed by atoms with E-state index in [1.54, 1.807) is 17.0 Å². The van der Waals surface area contributed by atoms with Gasteiger partial charge in [0.05, 0.1) is 0 Å². The average Bonchev–Trinajstić information content (AvgIpc) is 2.64. The van der Waals surface area contributed by atoms with Crippen LogP contribution < -0.4 is 5.73 Å². The summed E-state index contributed by atoms with van der Waals surface area (Å²) in [6.07, 6.45) is 1.22. The van der Waals surface area contributed by atoms with E-state index in [1.807, 2.05) is 48.5 Å². The van der Waals surface area contributed by atoms with Crippen LogP contribution in [0.25, 0.3) is 0 Å². The van der Waals surface area contributed by atoms with E-state index in [9.17, 15) is 9.59 Å². The number of nitrogens with two attached hydrogens (primary N) is 1. The van der Waals surface area contributed by atoms with E-state index in [-0.39, 0.29) is 36.9 Å². The Morgan fingerprint density at radius 1 is 0.880 bits per heavy atom. The first kappa shape index (κ1) is 20.9. The van der Waals surface area contributed by atoms with E-state index >= 15 is 0 Å². The lowest BCUT2D eigenvalue weighted by Gasteiger charge is -2.22. The van der Waals surface area contributed by atoms with Crippen LogP contribution in [0.15, 0.2) is 60.7 Å². The first-order valence-electron chi connectivity index (χ1n) is 8.30. The Hall–Kier alpha value is -2.17. The van der Waals surface area contributed by atoms with Crippen molar-refractivity contribution in [3.05, 3.63) is 71.8 Å².